The summed E-state index contributed by atoms with van der Waals surface area (Å²) in [5, 5.41) is 2.70. The Bertz CT molecular complexity index is 535. The molecule has 0 aliphatic carbocycles. The quantitative estimate of drug-likeness (QED) is 0.885. The fourth-order valence-corrected chi connectivity index (χ4v) is 3.03. The van der Waals surface area contributed by atoms with Crippen LogP contribution in [0.3, 0.4) is 0 Å². The maximum Gasteiger partial charge on any atom is 0.249 e. The number of amides is 2. The molecule has 6 heteroatoms. The van der Waals surface area contributed by atoms with Gasteiger partial charge < -0.3 is 19.9 Å². The van der Waals surface area contributed by atoms with Crippen molar-refractivity contribution in [3.8, 4) is 0 Å². The van der Waals surface area contributed by atoms with Crippen LogP contribution in [0.5, 0.6) is 0 Å². The van der Waals surface area contributed by atoms with Crippen molar-refractivity contribution in [1.82, 2.24) is 10.2 Å². The Balaban J connectivity index is 1.42. The largest absolute Gasteiger partial charge is 0.368 e. The van der Waals surface area contributed by atoms with Crippen LogP contribution in [0, 0.1) is 0 Å². The molecule has 2 fully saturated rings. The first-order chi connectivity index (χ1) is 11.2. The van der Waals surface area contributed by atoms with Gasteiger partial charge in [0.2, 0.25) is 11.8 Å². The second kappa shape index (κ2) is 7.46. The highest BCUT2D eigenvalue weighted by atomic mass is 16.5. The van der Waals surface area contributed by atoms with Crippen molar-refractivity contribution in [1.29, 1.82) is 0 Å². The van der Waals surface area contributed by atoms with E-state index in [0.717, 1.165) is 25.9 Å². The Kier molecular flexibility index (Phi) is 5.12. The van der Waals surface area contributed by atoms with Gasteiger partial charge in [0.15, 0.2) is 0 Å². The van der Waals surface area contributed by atoms with Crippen LogP contribution in [0.25, 0.3) is 0 Å². The van der Waals surface area contributed by atoms with Crippen molar-refractivity contribution >= 4 is 17.5 Å². The Morgan fingerprint density at radius 2 is 1.87 bits per heavy atom. The number of hydrogen-bond donors (Lipinski definition) is 1. The van der Waals surface area contributed by atoms with Gasteiger partial charge in [-0.15, -0.1) is 0 Å². The summed E-state index contributed by atoms with van der Waals surface area (Å²) in [5.41, 5.74) is 1.19. The van der Waals surface area contributed by atoms with Crippen LogP contribution in [-0.2, 0) is 14.3 Å². The minimum absolute atomic E-state index is 0.0240. The summed E-state index contributed by atoms with van der Waals surface area (Å²) in [6, 6.07) is 10.2. The molecule has 2 heterocycles. The summed E-state index contributed by atoms with van der Waals surface area (Å²) in [6.07, 6.45) is 1.28. The molecule has 2 amide bonds. The molecule has 2 saturated heterocycles. The van der Waals surface area contributed by atoms with Crippen LogP contribution in [0.2, 0.25) is 0 Å². The van der Waals surface area contributed by atoms with E-state index in [4.69, 9.17) is 4.74 Å². The van der Waals surface area contributed by atoms with E-state index in [0.29, 0.717) is 19.7 Å². The van der Waals surface area contributed by atoms with Gasteiger partial charge in [0.25, 0.3) is 0 Å². The number of carbonyl (C=O) groups is 2. The highest BCUT2D eigenvalue weighted by molar-refractivity contribution is 5.87. The molecule has 0 aromatic heterocycles. The van der Waals surface area contributed by atoms with E-state index in [2.05, 4.69) is 22.3 Å². The maximum absolute atomic E-state index is 12.2. The van der Waals surface area contributed by atoms with E-state index in [1.165, 1.54) is 5.69 Å². The summed E-state index contributed by atoms with van der Waals surface area (Å²) in [4.78, 5) is 28.2. The maximum atomic E-state index is 12.2. The number of para-hydroxylation sites is 1. The summed E-state index contributed by atoms with van der Waals surface area (Å²) in [6.45, 7) is 3.69. The van der Waals surface area contributed by atoms with Crippen LogP contribution in [0.15, 0.2) is 30.3 Å². The number of anilines is 1. The van der Waals surface area contributed by atoms with Crippen molar-refractivity contribution in [3.05, 3.63) is 30.3 Å². The predicted octanol–water partition coefficient (Wildman–Crippen LogP) is 0.630. The molecule has 1 aromatic rings. The van der Waals surface area contributed by atoms with E-state index in [1.54, 1.807) is 0 Å². The normalized spacial score (nSPS) is 21.3. The molecule has 0 saturated carbocycles. The Hall–Kier alpha value is -2.08. The molecule has 1 N–H and O–H groups in total. The van der Waals surface area contributed by atoms with Gasteiger partial charge in [0, 0.05) is 38.5 Å². The molecular weight excluding hydrogens is 294 g/mol. The molecule has 6 nitrogen and oxygen atoms in total. The second-order valence-corrected chi connectivity index (χ2v) is 5.92. The van der Waals surface area contributed by atoms with Crippen molar-refractivity contribution < 1.29 is 14.3 Å². The lowest BCUT2D eigenvalue weighted by Crippen LogP contribution is -2.51. The summed E-state index contributed by atoms with van der Waals surface area (Å²) in [7, 11) is 0. The Morgan fingerprint density at radius 3 is 2.52 bits per heavy atom. The second-order valence-electron chi connectivity index (χ2n) is 5.92. The van der Waals surface area contributed by atoms with Crippen LogP contribution >= 0.6 is 0 Å². The van der Waals surface area contributed by atoms with Crippen LogP contribution in [0.4, 0.5) is 5.69 Å². The number of piperazine rings is 1. The summed E-state index contributed by atoms with van der Waals surface area (Å²) in [5.74, 6) is -0.192. The lowest BCUT2D eigenvalue weighted by atomic mass is 10.2. The number of ether oxygens (including phenoxy) is 1. The SMILES string of the molecule is O=C(NCC(=O)N1CCN(c2ccccc2)CC1)C1CCCO1. The number of benzene rings is 1. The van der Waals surface area contributed by atoms with Gasteiger partial charge in [0.05, 0.1) is 6.54 Å². The van der Waals surface area contributed by atoms with Gasteiger partial charge in [-0.05, 0) is 25.0 Å². The molecule has 0 spiro atoms. The monoisotopic (exact) mass is 317 g/mol. The lowest BCUT2D eigenvalue weighted by molar-refractivity contribution is -0.136. The smallest absolute Gasteiger partial charge is 0.249 e. The van der Waals surface area contributed by atoms with Gasteiger partial charge in [-0.2, -0.15) is 0 Å². The third-order valence-electron chi connectivity index (χ3n) is 4.39. The lowest BCUT2D eigenvalue weighted by Gasteiger charge is -2.36. The van der Waals surface area contributed by atoms with Crippen molar-refractivity contribution in [2.24, 2.45) is 0 Å². The summed E-state index contributed by atoms with van der Waals surface area (Å²) >= 11 is 0. The number of nitrogens with one attached hydrogen (secondary N) is 1. The topological polar surface area (TPSA) is 61.9 Å². The highest BCUT2D eigenvalue weighted by Gasteiger charge is 2.25. The molecule has 0 bridgehead atoms. The van der Waals surface area contributed by atoms with E-state index >= 15 is 0 Å². The molecule has 0 radical (unpaired) electrons. The van der Waals surface area contributed by atoms with Crippen LogP contribution < -0.4 is 10.2 Å². The number of hydrogen-bond acceptors (Lipinski definition) is 4. The van der Waals surface area contributed by atoms with E-state index in [9.17, 15) is 9.59 Å². The third kappa shape index (κ3) is 4.01. The van der Waals surface area contributed by atoms with E-state index in [1.807, 2.05) is 23.1 Å². The Labute approximate surface area is 136 Å². The molecule has 2 aliphatic heterocycles. The number of carbonyl (C=O) groups excluding carboxylic acids is 2. The van der Waals surface area contributed by atoms with Gasteiger partial charge >= 0.3 is 0 Å². The minimum atomic E-state index is -0.377. The standard InChI is InChI=1S/C17H23N3O3/c21-16(13-18-17(22)15-7-4-12-23-15)20-10-8-19(9-11-20)14-5-2-1-3-6-14/h1-3,5-6,15H,4,7-13H2,(H,18,22). The molecule has 3 rings (SSSR count). The molecule has 2 aliphatic rings. The highest BCUT2D eigenvalue weighted by Crippen LogP contribution is 2.15. The molecule has 124 valence electrons. The summed E-state index contributed by atoms with van der Waals surface area (Å²) < 4.78 is 5.31. The first-order valence-electron chi connectivity index (χ1n) is 8.21. The molecule has 1 aromatic carbocycles. The van der Waals surface area contributed by atoms with Crippen molar-refractivity contribution in [3.63, 3.8) is 0 Å². The first kappa shape index (κ1) is 15.8. The van der Waals surface area contributed by atoms with Crippen LogP contribution in [0.1, 0.15) is 12.8 Å². The molecule has 23 heavy (non-hydrogen) atoms. The fourth-order valence-electron chi connectivity index (χ4n) is 3.03. The van der Waals surface area contributed by atoms with E-state index < -0.39 is 0 Å². The molecule has 1 atom stereocenters. The number of nitrogens with zero attached hydrogens (tertiary/aromatic N) is 2. The minimum Gasteiger partial charge on any atom is -0.368 e. The zero-order valence-electron chi connectivity index (χ0n) is 13.2. The van der Waals surface area contributed by atoms with E-state index in [-0.39, 0.29) is 24.5 Å². The van der Waals surface area contributed by atoms with Crippen molar-refractivity contribution in [2.45, 2.75) is 18.9 Å². The van der Waals surface area contributed by atoms with Gasteiger partial charge in [0.1, 0.15) is 6.10 Å². The predicted molar refractivity (Wildman–Crippen MR) is 87.2 cm³/mol. The fraction of sp³-hybridized carbons (Fsp3) is 0.529. The van der Waals surface area contributed by atoms with Gasteiger partial charge in [-0.3, -0.25) is 9.59 Å². The zero-order valence-corrected chi connectivity index (χ0v) is 13.2. The average molecular weight is 317 g/mol. The average Bonchev–Trinajstić information content (AvgIpc) is 3.15. The zero-order chi connectivity index (χ0) is 16.1. The number of rotatable bonds is 4. The molecule has 1 unspecified atom stereocenters. The first-order valence-corrected chi connectivity index (χ1v) is 8.21. The van der Waals surface area contributed by atoms with Crippen LogP contribution in [-0.4, -0.2) is 62.1 Å². The Morgan fingerprint density at radius 1 is 1.13 bits per heavy atom. The third-order valence-corrected chi connectivity index (χ3v) is 4.39. The van der Waals surface area contributed by atoms with Gasteiger partial charge in [-0.25, -0.2) is 0 Å². The van der Waals surface area contributed by atoms with Crippen molar-refractivity contribution in [2.75, 3.05) is 44.2 Å². The molecular formula is C17H23N3O3. The van der Waals surface area contributed by atoms with Gasteiger partial charge in [-0.1, -0.05) is 18.2 Å².